The average molecular weight is 773 g/mol. The number of unbranched alkanes of at least 4 members (excludes halogenated alkanes) is 1. The molecule has 3 heterocycles. The fourth-order valence-electron chi connectivity index (χ4n) is 10.6. The first-order chi connectivity index (χ1) is 26.6. The molecule has 2 aromatic rings. The molecule has 6 aliphatic rings. The van der Waals surface area contributed by atoms with Crippen LogP contribution in [-0.4, -0.2) is 82.5 Å². The molecule has 3 amide bonds. The summed E-state index contributed by atoms with van der Waals surface area (Å²) in [6, 6.07) is 6.51. The average Bonchev–Trinajstić information content (AvgIpc) is 3.89. The lowest BCUT2D eigenvalue weighted by Crippen LogP contribution is -2.67. The van der Waals surface area contributed by atoms with Crippen LogP contribution in [0.15, 0.2) is 40.4 Å². The smallest absolute Gasteiger partial charge is 0.306 e. The highest BCUT2D eigenvalue weighted by Crippen LogP contribution is 2.62. The van der Waals surface area contributed by atoms with Crippen molar-refractivity contribution in [1.82, 2.24) is 20.7 Å². The van der Waals surface area contributed by atoms with E-state index in [9.17, 15) is 24.0 Å². The monoisotopic (exact) mass is 772 g/mol. The van der Waals surface area contributed by atoms with E-state index in [0.717, 1.165) is 50.7 Å². The molecule has 4 aliphatic carbocycles. The number of ketones is 1. The Hall–Kier alpha value is -4.13. The van der Waals surface area contributed by atoms with Crippen LogP contribution < -0.4 is 15.4 Å². The Kier molecular flexibility index (Phi) is 10.8. The second-order valence-electron chi connectivity index (χ2n) is 16.5. The lowest BCUT2D eigenvalue weighted by molar-refractivity contribution is -0.159. The molecule has 2 aliphatic heterocycles. The first kappa shape index (κ1) is 37.8. The number of amides is 3. The summed E-state index contributed by atoms with van der Waals surface area (Å²) >= 11 is 1.67. The Bertz CT molecular complexity index is 1860. The normalized spacial score (nSPS) is 30.6. The number of hydrogen-bond acceptors (Lipinski definition) is 10. The van der Waals surface area contributed by atoms with Gasteiger partial charge < -0.3 is 29.5 Å². The third-order valence-corrected chi connectivity index (χ3v) is 14.8. The number of aryl methyl sites for hydroxylation is 1. The van der Waals surface area contributed by atoms with E-state index in [-0.39, 0.29) is 47.7 Å². The molecular weight excluding hydrogens is 721 g/mol. The molecule has 2 saturated heterocycles. The summed E-state index contributed by atoms with van der Waals surface area (Å²) in [7, 11) is 0. The molecule has 0 spiro atoms. The number of fused-ring (bicyclic) bond motifs is 6. The van der Waals surface area contributed by atoms with Gasteiger partial charge in [0.2, 0.25) is 11.8 Å². The molecule has 0 radical (unpaired) electrons. The summed E-state index contributed by atoms with van der Waals surface area (Å²) in [5.41, 5.74) is 2.78. The number of thioether (sulfide) groups is 1. The van der Waals surface area contributed by atoms with E-state index in [1.54, 1.807) is 47.9 Å². The first-order valence-electron chi connectivity index (χ1n) is 20.2. The largest absolute Gasteiger partial charge is 0.493 e. The summed E-state index contributed by atoms with van der Waals surface area (Å²) in [5.74, 6) is 3.90. The fourth-order valence-corrected chi connectivity index (χ4v) is 11.9. The van der Waals surface area contributed by atoms with Crippen LogP contribution in [0.2, 0.25) is 0 Å². The van der Waals surface area contributed by atoms with Gasteiger partial charge in [0.15, 0.2) is 5.78 Å². The maximum atomic E-state index is 13.2. The third-order valence-electron chi connectivity index (χ3n) is 13.5. The predicted octanol–water partition coefficient (Wildman–Crippen LogP) is 5.77. The molecule has 8 rings (SSSR count). The number of carbonyl (C=O) groups is 5. The number of hydrogen-bond donors (Lipinski definition) is 2. The number of aromatic nitrogens is 1. The number of benzene rings is 1. The fraction of sp³-hybridized carbons (Fsp3) is 0.619. The third kappa shape index (κ3) is 7.45. The van der Waals surface area contributed by atoms with Crippen molar-refractivity contribution in [2.24, 2.45) is 29.1 Å². The van der Waals surface area contributed by atoms with E-state index in [2.05, 4.69) is 22.7 Å². The van der Waals surface area contributed by atoms with Gasteiger partial charge in [-0.2, -0.15) is 0 Å². The van der Waals surface area contributed by atoms with Crippen molar-refractivity contribution in [3.8, 4) is 17.0 Å². The van der Waals surface area contributed by atoms with Crippen LogP contribution in [0.4, 0.5) is 0 Å². The van der Waals surface area contributed by atoms with Crippen molar-refractivity contribution >= 4 is 41.2 Å². The van der Waals surface area contributed by atoms with Gasteiger partial charge in [-0.05, 0) is 119 Å². The maximum absolute atomic E-state index is 13.2. The van der Waals surface area contributed by atoms with Gasteiger partial charge >= 0.3 is 5.97 Å². The van der Waals surface area contributed by atoms with E-state index in [4.69, 9.17) is 14.0 Å². The van der Waals surface area contributed by atoms with Gasteiger partial charge in [0.05, 0.1) is 13.0 Å². The summed E-state index contributed by atoms with van der Waals surface area (Å²) in [5, 5.41) is 9.87. The number of rotatable bonds is 13. The maximum Gasteiger partial charge on any atom is 0.306 e. The molecule has 2 N–H and O–H groups in total. The number of ether oxygens (including phenoxy) is 2. The molecule has 1 aromatic carbocycles. The molecule has 5 fully saturated rings. The Balaban J connectivity index is 0.719. The highest BCUT2D eigenvalue weighted by Gasteiger charge is 2.57. The molecule has 1 aromatic heterocycles. The van der Waals surface area contributed by atoms with Crippen LogP contribution in [0.5, 0.6) is 5.75 Å². The highest BCUT2D eigenvalue weighted by molar-refractivity contribution is 8.00. The minimum absolute atomic E-state index is 0.0183. The Morgan fingerprint density at radius 3 is 2.69 bits per heavy atom. The zero-order chi connectivity index (χ0) is 38.3. The highest BCUT2D eigenvalue weighted by atomic mass is 32.2. The van der Waals surface area contributed by atoms with Crippen LogP contribution in [0.1, 0.15) is 100 Å². The van der Waals surface area contributed by atoms with Gasteiger partial charge in [-0.25, -0.2) is 0 Å². The van der Waals surface area contributed by atoms with E-state index in [1.165, 1.54) is 5.57 Å². The van der Waals surface area contributed by atoms with Gasteiger partial charge in [0.25, 0.3) is 5.91 Å². The van der Waals surface area contributed by atoms with Gasteiger partial charge in [-0.15, -0.1) is 11.8 Å². The minimum atomic E-state index is -0.542. The molecular formula is C42H52N4O8S. The van der Waals surface area contributed by atoms with E-state index < -0.39 is 11.9 Å². The molecule has 55 heavy (non-hydrogen) atoms. The zero-order valence-corrected chi connectivity index (χ0v) is 32.6. The number of nitrogens with zero attached hydrogens (tertiary/aromatic N) is 2. The van der Waals surface area contributed by atoms with Gasteiger partial charge in [-0.3, -0.25) is 24.0 Å². The second-order valence-corrected chi connectivity index (χ2v) is 17.8. The van der Waals surface area contributed by atoms with Crippen molar-refractivity contribution in [3.05, 3.63) is 47.2 Å². The number of esters is 1. The number of allylic oxidation sites excluding steroid dienone is 1. The van der Waals surface area contributed by atoms with E-state index in [1.807, 2.05) is 6.08 Å². The van der Waals surface area contributed by atoms with Crippen molar-refractivity contribution in [3.63, 3.8) is 0 Å². The minimum Gasteiger partial charge on any atom is -0.493 e. The number of carbonyl (C=O) groups excluding carboxylic acids is 5. The Morgan fingerprint density at radius 1 is 1.02 bits per heavy atom. The van der Waals surface area contributed by atoms with Crippen molar-refractivity contribution < 1.29 is 38.0 Å². The molecule has 294 valence electrons. The van der Waals surface area contributed by atoms with Gasteiger partial charge in [0, 0.05) is 42.7 Å². The Morgan fingerprint density at radius 2 is 1.85 bits per heavy atom. The topological polar surface area (TPSA) is 157 Å². The van der Waals surface area contributed by atoms with Crippen LogP contribution in [0, 0.1) is 36.0 Å². The van der Waals surface area contributed by atoms with E-state index >= 15 is 0 Å². The Labute approximate surface area is 326 Å². The lowest BCUT2D eigenvalue weighted by atomic mass is 9.52. The van der Waals surface area contributed by atoms with Crippen LogP contribution in [-0.2, 0) is 23.9 Å². The van der Waals surface area contributed by atoms with Crippen molar-refractivity contribution in [1.29, 1.82) is 0 Å². The predicted molar refractivity (Wildman–Crippen MR) is 205 cm³/mol. The van der Waals surface area contributed by atoms with E-state index in [0.29, 0.717) is 96.6 Å². The molecule has 8 unspecified atom stereocenters. The molecule has 3 saturated carbocycles. The molecule has 12 nitrogen and oxygen atoms in total. The number of nitrogens with one attached hydrogen (secondary N) is 2. The van der Waals surface area contributed by atoms with Crippen LogP contribution in [0.25, 0.3) is 11.3 Å². The van der Waals surface area contributed by atoms with Crippen molar-refractivity contribution in [2.45, 2.75) is 108 Å². The standard InChI is InChI=1S/C42H52N4O8S/c1-24-36(39(50)44-38-40(51)46-20-22-55-41(38)46)37(45-54-24)25-6-10-28(11-7-25)52-21-17-34(48)43-19-4-3-5-35(49)53-33-15-14-32-31-12-8-26-23-27(47)9-13-29(26)30(31)16-18-42(32,33)2/h6-7,10-11,23,29-33,38,41H,3-5,8-9,12-22H2,1-2H3,(H,43,48)(H,44,50). The quantitative estimate of drug-likeness (QED) is 0.146. The molecule has 13 heteroatoms. The summed E-state index contributed by atoms with van der Waals surface area (Å²) in [6.07, 6.45) is 12.0. The van der Waals surface area contributed by atoms with Crippen molar-refractivity contribution in [2.75, 3.05) is 25.4 Å². The summed E-state index contributed by atoms with van der Waals surface area (Å²) in [6.45, 7) is 5.41. The van der Waals surface area contributed by atoms with Crippen LogP contribution >= 0.6 is 11.8 Å². The van der Waals surface area contributed by atoms with Crippen LogP contribution in [0.3, 0.4) is 0 Å². The molecule has 8 atom stereocenters. The van der Waals surface area contributed by atoms with Gasteiger partial charge in [-0.1, -0.05) is 17.7 Å². The number of β-lactam (4-membered cyclic amide) rings is 1. The summed E-state index contributed by atoms with van der Waals surface area (Å²) < 4.78 is 17.3. The molecule has 0 bridgehead atoms. The van der Waals surface area contributed by atoms with Gasteiger partial charge in [0.1, 0.15) is 40.3 Å². The summed E-state index contributed by atoms with van der Waals surface area (Å²) in [4.78, 5) is 64.8. The lowest BCUT2D eigenvalue weighted by Gasteiger charge is -2.53. The SMILES string of the molecule is Cc1onc(-c2ccc(OCCC(=O)NCCCCC(=O)OC3CCC4C5CCC6=CC(=O)CCC6C5CCC34C)cc2)c1C(=O)NC1C(=O)N2CCSC12. The zero-order valence-electron chi connectivity index (χ0n) is 31.8. The second kappa shape index (κ2) is 15.8. The first-order valence-corrected chi connectivity index (χ1v) is 21.3.